The fraction of sp³-hybridized carbons (Fsp3) is 0.429. The number of hydrogen-bond acceptors (Lipinski definition) is 9. The van der Waals surface area contributed by atoms with Crippen LogP contribution in [0.4, 0.5) is 0 Å². The highest BCUT2D eigenvalue weighted by Gasteiger charge is 2.58. The number of alkyl halides is 1. The summed E-state index contributed by atoms with van der Waals surface area (Å²) in [5.74, 6) is 4.51. The van der Waals surface area contributed by atoms with E-state index in [4.69, 9.17) is 40.4 Å². The summed E-state index contributed by atoms with van der Waals surface area (Å²) in [6.45, 7) is 11.2. The minimum atomic E-state index is -0.971. The first-order valence-corrected chi connectivity index (χ1v) is 32.5. The van der Waals surface area contributed by atoms with Gasteiger partial charge in [0, 0.05) is 24.3 Å². The normalized spacial score (nSPS) is 25.2. The molecule has 85 heavy (non-hydrogen) atoms. The number of aryl methyl sites for hydroxylation is 4. The van der Waals surface area contributed by atoms with Gasteiger partial charge in [-0.1, -0.05) is 72.8 Å². The van der Waals surface area contributed by atoms with Crippen molar-refractivity contribution in [3.8, 4) is 11.5 Å². The van der Waals surface area contributed by atoms with Crippen LogP contribution in [0.5, 0.6) is 11.5 Å². The van der Waals surface area contributed by atoms with Crippen LogP contribution in [0, 0.1) is 75.0 Å². The van der Waals surface area contributed by atoms with Crippen LogP contribution in [0.2, 0.25) is 0 Å². The zero-order valence-electron chi connectivity index (χ0n) is 49.5. The fourth-order valence-electron chi connectivity index (χ4n) is 15.1. The van der Waals surface area contributed by atoms with Crippen molar-refractivity contribution in [1.29, 1.82) is 0 Å². The molecule has 0 heterocycles. The molecule has 14 rings (SSSR count). The lowest BCUT2D eigenvalue weighted by molar-refractivity contribution is -0.207. The third kappa shape index (κ3) is 15.4. The number of ether oxygens (including phenoxy) is 5. The summed E-state index contributed by atoms with van der Waals surface area (Å²) < 4.78 is 28.4. The van der Waals surface area contributed by atoms with Gasteiger partial charge in [-0.05, 0) is 224 Å². The molecule has 10 nitrogen and oxygen atoms in total. The van der Waals surface area contributed by atoms with Crippen LogP contribution in [-0.2, 0) is 55.2 Å². The number of carboxylic acid groups (broad SMARTS) is 1. The lowest BCUT2D eigenvalue weighted by Crippen LogP contribution is -3.00. The van der Waals surface area contributed by atoms with Crippen molar-refractivity contribution in [2.45, 2.75) is 146 Å². The predicted molar refractivity (Wildman–Crippen MR) is 336 cm³/mol. The number of esters is 3. The number of carbonyl (C=O) groups excluding carboxylic acids is 3. The molecule has 1 N–H and O–H groups in total. The SMILES string of the molecule is Br.CC1(OC(=O)CCl)C2CC3CC(C2)CC1C3.Cc1cc([S+](c2ccccc2)c2ccccc2)cc(C)c1OCC(=O)O.Cc1cc([S+](c2ccccc2)c2ccccc2)cc(C)c1OCC(=O)OCC(=O)OC1(C)C2CC3CC(C2)CC1C3.[Br-]. The van der Waals surface area contributed by atoms with E-state index in [1.807, 2.05) is 52.0 Å². The van der Waals surface area contributed by atoms with Crippen LogP contribution in [0.15, 0.2) is 175 Å². The molecule has 8 saturated carbocycles. The van der Waals surface area contributed by atoms with E-state index in [-0.39, 0.29) is 93.0 Å². The molecule has 0 unspecified atom stereocenters. The third-order valence-electron chi connectivity index (χ3n) is 18.6. The molecule has 0 radical (unpaired) electrons. The van der Waals surface area contributed by atoms with Crippen LogP contribution in [-0.4, -0.2) is 65.9 Å². The average Bonchev–Trinajstić information content (AvgIpc) is 0.866. The van der Waals surface area contributed by atoms with Crippen LogP contribution in [0.1, 0.15) is 100 Å². The summed E-state index contributed by atoms with van der Waals surface area (Å²) in [7, 11) is -0.500. The van der Waals surface area contributed by atoms with Gasteiger partial charge in [0.15, 0.2) is 49.2 Å². The molecule has 0 atom stereocenters. The molecular weight excluding hydrogens is 1260 g/mol. The summed E-state index contributed by atoms with van der Waals surface area (Å²) in [6.07, 6.45) is 12.4. The van der Waals surface area contributed by atoms with Gasteiger partial charge >= 0.3 is 23.9 Å². The Balaban J connectivity index is 0.000000182. The fourth-order valence-corrected chi connectivity index (χ4v) is 19.7. The van der Waals surface area contributed by atoms with E-state index in [1.165, 1.54) is 67.9 Å². The van der Waals surface area contributed by atoms with Gasteiger partial charge in [-0.3, -0.25) is 4.79 Å². The second-order valence-electron chi connectivity index (χ2n) is 24.3. The summed E-state index contributed by atoms with van der Waals surface area (Å²) in [4.78, 5) is 54.9. The molecular formula is C70H80Br2ClO10S2+. The van der Waals surface area contributed by atoms with Crippen molar-refractivity contribution >= 4 is 74.2 Å². The minimum absolute atomic E-state index is 0. The van der Waals surface area contributed by atoms with E-state index in [0.29, 0.717) is 35.2 Å². The summed E-state index contributed by atoms with van der Waals surface area (Å²) in [5.41, 5.74) is 3.16. The molecule has 15 heteroatoms. The predicted octanol–water partition coefficient (Wildman–Crippen LogP) is 12.5. The molecule has 8 aliphatic carbocycles. The highest BCUT2D eigenvalue weighted by atomic mass is 79.9. The van der Waals surface area contributed by atoms with Crippen molar-refractivity contribution in [1.82, 2.24) is 0 Å². The van der Waals surface area contributed by atoms with Crippen molar-refractivity contribution in [2.75, 3.05) is 25.7 Å². The van der Waals surface area contributed by atoms with E-state index in [9.17, 15) is 19.2 Å². The molecule has 452 valence electrons. The largest absolute Gasteiger partial charge is 1.00 e. The molecule has 0 saturated heterocycles. The van der Waals surface area contributed by atoms with E-state index in [2.05, 4.69) is 135 Å². The first kappa shape index (κ1) is 65.7. The molecule has 8 fully saturated rings. The van der Waals surface area contributed by atoms with Crippen molar-refractivity contribution in [3.05, 3.63) is 168 Å². The molecule has 8 bridgehead atoms. The Kier molecular flexibility index (Phi) is 22.6. The molecule has 8 aliphatic rings. The Morgan fingerprint density at radius 3 is 1.04 bits per heavy atom. The van der Waals surface area contributed by atoms with E-state index in [1.54, 1.807) is 0 Å². The number of aliphatic carboxylic acids is 1. The maximum absolute atomic E-state index is 12.7. The van der Waals surface area contributed by atoms with Gasteiger partial charge in [-0.25, -0.2) is 14.4 Å². The summed E-state index contributed by atoms with van der Waals surface area (Å²) in [6, 6.07) is 50.4. The summed E-state index contributed by atoms with van der Waals surface area (Å²) >= 11 is 5.55. The number of carboxylic acids is 1. The second-order valence-corrected chi connectivity index (χ2v) is 28.6. The molecule has 6 aromatic carbocycles. The number of halogens is 3. The molecule has 6 aromatic rings. The number of benzene rings is 6. The Hall–Kier alpha value is -5.25. The van der Waals surface area contributed by atoms with Crippen LogP contribution < -0.4 is 26.5 Å². The number of carbonyl (C=O) groups is 4. The van der Waals surface area contributed by atoms with Gasteiger partial charge in [0.2, 0.25) is 0 Å². The van der Waals surface area contributed by atoms with Gasteiger partial charge < -0.3 is 45.8 Å². The Morgan fingerprint density at radius 2 is 0.741 bits per heavy atom. The van der Waals surface area contributed by atoms with Gasteiger partial charge in [0.05, 0.1) is 21.8 Å². The minimum Gasteiger partial charge on any atom is -1.00 e. The smallest absolute Gasteiger partial charge is 0.344 e. The van der Waals surface area contributed by atoms with Gasteiger partial charge in [-0.15, -0.1) is 28.6 Å². The molecule has 0 amide bonds. The van der Waals surface area contributed by atoms with Gasteiger partial charge in [0.25, 0.3) is 0 Å². The molecule has 0 aliphatic heterocycles. The van der Waals surface area contributed by atoms with Crippen molar-refractivity contribution in [2.24, 2.45) is 47.3 Å². The van der Waals surface area contributed by atoms with Gasteiger partial charge in [-0.2, -0.15) is 0 Å². The van der Waals surface area contributed by atoms with Crippen LogP contribution >= 0.6 is 28.6 Å². The Morgan fingerprint density at radius 1 is 0.447 bits per heavy atom. The highest BCUT2D eigenvalue weighted by molar-refractivity contribution is 8.93. The van der Waals surface area contributed by atoms with E-state index < -0.39 is 23.5 Å². The molecule has 0 aromatic heterocycles. The van der Waals surface area contributed by atoms with Gasteiger partial charge in [0.1, 0.15) is 28.6 Å². The zero-order chi connectivity index (χ0) is 58.4. The van der Waals surface area contributed by atoms with E-state index in [0.717, 1.165) is 71.6 Å². The van der Waals surface area contributed by atoms with Crippen LogP contribution in [0.25, 0.3) is 0 Å². The number of rotatable bonds is 17. The van der Waals surface area contributed by atoms with Crippen LogP contribution in [0.3, 0.4) is 0 Å². The first-order chi connectivity index (χ1) is 40.0. The monoisotopic (exact) mass is 1340 g/mol. The number of hydrogen-bond donors (Lipinski definition) is 1. The quantitative estimate of drug-likeness (QED) is 0.0407. The topological polar surface area (TPSA) is 135 Å². The second kappa shape index (κ2) is 29.2. The Labute approximate surface area is 534 Å². The van der Waals surface area contributed by atoms with Crippen molar-refractivity contribution in [3.63, 3.8) is 0 Å². The lowest BCUT2D eigenvalue weighted by atomic mass is 9.50. The lowest BCUT2D eigenvalue weighted by Gasteiger charge is -2.59. The first-order valence-electron chi connectivity index (χ1n) is 29.5. The zero-order valence-corrected chi connectivity index (χ0v) is 55.2. The molecule has 0 spiro atoms. The summed E-state index contributed by atoms with van der Waals surface area (Å²) in [5, 5.41) is 8.87. The van der Waals surface area contributed by atoms with Crippen molar-refractivity contribution < 1.29 is 65.0 Å². The maximum Gasteiger partial charge on any atom is 0.344 e. The maximum atomic E-state index is 12.7. The van der Waals surface area contributed by atoms with E-state index >= 15 is 0 Å². The highest BCUT2D eigenvalue weighted by Crippen LogP contribution is 2.61. The Bertz CT molecular complexity index is 3060. The standard InChI is InChI=1S/C35H39O5S.C22H20O3S.C13H19ClO2.2BrH/c1-23-14-31(41(29-10-6-4-7-11-29)30-12-8-5-9-13-30)15-24(2)34(23)39-21-32(36)38-22-33(37)40-35(3)27-17-25-16-26(19-27)20-28(35)18-25;1-16-13-20(14-17(2)22(16)25-15-21(23)24)26(18-9-5-3-6-10-18)19-11-7-4-8-12-19;1-13(16-12(15)7-14)10-3-8-2-9(5-10)6-11(13)4-8;;/h4-15,25-28H,16-22H2,1-3H3;3-14H,15H2,1-2H3;8-11H,2-7H2,1H3;2*1H/q+1;;;;. The average molecular weight is 1340 g/mol. The third-order valence-corrected chi connectivity index (χ3v) is 23.2.